The van der Waals surface area contributed by atoms with E-state index >= 15 is 0 Å². The van der Waals surface area contributed by atoms with Gasteiger partial charge >= 0.3 is 5.97 Å². The molecule has 0 spiro atoms. The molecule has 1 unspecified atom stereocenters. The number of aliphatic hydroxyl groups is 1. The van der Waals surface area contributed by atoms with Gasteiger partial charge in [0.2, 0.25) is 5.91 Å². The van der Waals surface area contributed by atoms with E-state index in [2.05, 4.69) is 40.7 Å². The molecule has 9 atom stereocenters. The maximum atomic E-state index is 13.0. The lowest BCUT2D eigenvalue weighted by Crippen LogP contribution is -2.66. The number of aliphatic carboxylic acids is 1. The number of hydrogen-bond acceptors (Lipinski definition) is 3. The standard InChI is InChI=1S/C30H47NO4/c1-25(2)13-15-30(23(31)33)16-14-27(4)18(19(30)17-25)7-8-20-26(3)11-10-22(32)29(6,24(34)35)21(26)9-12-28(20,27)5/h7,19-22,32H,8-17H2,1-6H3,(H2,31,33)(H,34,35)/t19-,20+,21+,22-,26+,27+,28+,29?,30-/m0/s1. The summed E-state index contributed by atoms with van der Waals surface area (Å²) in [4.78, 5) is 25.5. The van der Waals surface area contributed by atoms with Crippen LogP contribution in [0.5, 0.6) is 0 Å². The van der Waals surface area contributed by atoms with Crippen molar-refractivity contribution in [1.82, 2.24) is 0 Å². The van der Waals surface area contributed by atoms with Gasteiger partial charge in [-0.2, -0.15) is 0 Å². The van der Waals surface area contributed by atoms with Crippen LogP contribution in [0.4, 0.5) is 0 Å². The van der Waals surface area contributed by atoms with Crippen LogP contribution >= 0.6 is 0 Å². The summed E-state index contributed by atoms with van der Waals surface area (Å²) in [5.41, 5.74) is 6.22. The van der Waals surface area contributed by atoms with Gasteiger partial charge in [-0.3, -0.25) is 9.59 Å². The lowest BCUT2D eigenvalue weighted by atomic mass is 9.33. The summed E-state index contributed by atoms with van der Waals surface area (Å²) in [7, 11) is 0. The third kappa shape index (κ3) is 2.97. The average molecular weight is 486 g/mol. The highest BCUT2D eigenvalue weighted by Crippen LogP contribution is 2.75. The van der Waals surface area contributed by atoms with E-state index in [-0.39, 0.29) is 39.4 Å². The Morgan fingerprint density at radius 3 is 2.20 bits per heavy atom. The van der Waals surface area contributed by atoms with E-state index in [1.54, 1.807) is 6.92 Å². The molecule has 196 valence electrons. The minimum atomic E-state index is -1.10. The largest absolute Gasteiger partial charge is 0.481 e. The van der Waals surface area contributed by atoms with Crippen molar-refractivity contribution in [3.8, 4) is 0 Å². The quantitative estimate of drug-likeness (QED) is 0.437. The van der Waals surface area contributed by atoms with Gasteiger partial charge in [0, 0.05) is 0 Å². The summed E-state index contributed by atoms with van der Waals surface area (Å²) in [6, 6.07) is 0. The number of hydrogen-bond donors (Lipinski definition) is 3. The molecule has 4 fully saturated rings. The molecule has 0 aromatic carbocycles. The molecule has 0 bridgehead atoms. The first kappa shape index (κ1) is 25.3. The second-order valence-corrected chi connectivity index (χ2v) is 14.9. The number of aliphatic hydroxyl groups excluding tert-OH is 1. The molecule has 4 saturated carbocycles. The molecule has 1 amide bonds. The van der Waals surface area contributed by atoms with E-state index in [4.69, 9.17) is 5.73 Å². The van der Waals surface area contributed by atoms with Crippen LogP contribution < -0.4 is 5.73 Å². The van der Waals surface area contributed by atoms with Crippen molar-refractivity contribution in [3.05, 3.63) is 11.6 Å². The van der Waals surface area contributed by atoms with Crippen molar-refractivity contribution in [1.29, 1.82) is 0 Å². The number of carbonyl (C=O) groups is 2. The van der Waals surface area contributed by atoms with E-state index < -0.39 is 22.9 Å². The highest BCUT2D eigenvalue weighted by molar-refractivity contribution is 5.82. The van der Waals surface area contributed by atoms with Crippen LogP contribution in [0.15, 0.2) is 11.6 Å². The molecule has 0 saturated heterocycles. The number of carboxylic acids is 1. The lowest BCUT2D eigenvalue weighted by molar-refractivity contribution is -0.216. The highest BCUT2D eigenvalue weighted by atomic mass is 16.4. The number of nitrogens with two attached hydrogens (primary N) is 1. The van der Waals surface area contributed by atoms with Crippen molar-refractivity contribution in [2.24, 2.45) is 56.0 Å². The van der Waals surface area contributed by atoms with Gasteiger partial charge < -0.3 is 15.9 Å². The van der Waals surface area contributed by atoms with Crippen molar-refractivity contribution in [2.45, 2.75) is 112 Å². The first-order valence-corrected chi connectivity index (χ1v) is 14.0. The SMILES string of the molecule is CC1(C)CC[C@]2(C(N)=O)CC[C@]3(C)C(=CC[C@@H]4[C@@]5(C)CC[C@H](O)C(C)(C(=O)O)[C@@H]5CC[C@]43C)[C@@H]2C1. The monoisotopic (exact) mass is 485 g/mol. The van der Waals surface area contributed by atoms with Crippen LogP contribution in [-0.2, 0) is 9.59 Å². The molecule has 0 aromatic heterocycles. The number of carboxylic acid groups (broad SMARTS) is 1. The molecule has 5 nitrogen and oxygen atoms in total. The van der Waals surface area contributed by atoms with E-state index in [1.165, 1.54) is 5.57 Å². The molecule has 0 radical (unpaired) electrons. The van der Waals surface area contributed by atoms with Gasteiger partial charge in [-0.25, -0.2) is 0 Å². The van der Waals surface area contributed by atoms with E-state index in [0.717, 1.165) is 57.8 Å². The predicted molar refractivity (Wildman–Crippen MR) is 136 cm³/mol. The Balaban J connectivity index is 1.60. The smallest absolute Gasteiger partial charge is 0.312 e. The first-order chi connectivity index (χ1) is 16.1. The third-order valence-corrected chi connectivity index (χ3v) is 13.2. The van der Waals surface area contributed by atoms with Gasteiger partial charge in [0.1, 0.15) is 0 Å². The van der Waals surface area contributed by atoms with Gasteiger partial charge in [-0.05, 0) is 111 Å². The molecule has 0 aliphatic heterocycles. The van der Waals surface area contributed by atoms with Crippen LogP contribution in [0.3, 0.4) is 0 Å². The number of primary amides is 1. The Hall–Kier alpha value is -1.36. The molecular weight excluding hydrogens is 438 g/mol. The number of allylic oxidation sites excluding steroid dienone is 2. The maximum absolute atomic E-state index is 13.0. The number of carbonyl (C=O) groups excluding carboxylic acids is 1. The fourth-order valence-corrected chi connectivity index (χ4v) is 10.7. The molecule has 5 rings (SSSR count). The zero-order valence-corrected chi connectivity index (χ0v) is 22.7. The minimum Gasteiger partial charge on any atom is -0.481 e. The second kappa shape index (κ2) is 7.36. The van der Waals surface area contributed by atoms with Crippen molar-refractivity contribution in [2.75, 3.05) is 0 Å². The summed E-state index contributed by atoms with van der Waals surface area (Å²) in [6.45, 7) is 13.7. The van der Waals surface area contributed by atoms with E-state index in [0.29, 0.717) is 12.3 Å². The Morgan fingerprint density at radius 2 is 1.57 bits per heavy atom. The maximum Gasteiger partial charge on any atom is 0.312 e. The Labute approximate surface area is 211 Å². The van der Waals surface area contributed by atoms with Gasteiger partial charge in [0.05, 0.1) is 16.9 Å². The number of rotatable bonds is 2. The van der Waals surface area contributed by atoms with Crippen LogP contribution in [-0.4, -0.2) is 28.2 Å². The summed E-state index contributed by atoms with van der Waals surface area (Å²) in [5, 5.41) is 21.1. The molecule has 5 aliphatic carbocycles. The lowest BCUT2D eigenvalue weighted by Gasteiger charge is -2.71. The van der Waals surface area contributed by atoms with Crippen LogP contribution in [0, 0.1) is 50.2 Å². The van der Waals surface area contributed by atoms with Crippen LogP contribution in [0.25, 0.3) is 0 Å². The van der Waals surface area contributed by atoms with Crippen LogP contribution in [0.1, 0.15) is 106 Å². The fourth-order valence-electron chi connectivity index (χ4n) is 10.7. The highest BCUT2D eigenvalue weighted by Gasteiger charge is 2.70. The fraction of sp³-hybridized carbons (Fsp3) is 0.867. The molecule has 0 heterocycles. The Morgan fingerprint density at radius 1 is 0.914 bits per heavy atom. The summed E-state index contributed by atoms with van der Waals surface area (Å²) in [5.74, 6) is -0.414. The van der Waals surface area contributed by atoms with E-state index in [1.807, 2.05) is 0 Å². The second-order valence-electron chi connectivity index (χ2n) is 14.9. The molecule has 35 heavy (non-hydrogen) atoms. The summed E-state index contributed by atoms with van der Waals surface area (Å²) in [6.07, 6.45) is 10.7. The van der Waals surface area contributed by atoms with Gasteiger partial charge in [-0.1, -0.05) is 46.3 Å². The summed E-state index contributed by atoms with van der Waals surface area (Å²) < 4.78 is 0. The van der Waals surface area contributed by atoms with Crippen LogP contribution in [0.2, 0.25) is 0 Å². The Bertz CT molecular complexity index is 987. The zero-order chi connectivity index (χ0) is 25.8. The third-order valence-electron chi connectivity index (χ3n) is 13.2. The van der Waals surface area contributed by atoms with E-state index in [9.17, 15) is 19.8 Å². The average Bonchev–Trinajstić information content (AvgIpc) is 2.76. The molecule has 4 N–H and O–H groups in total. The predicted octanol–water partition coefficient (Wildman–Crippen LogP) is 5.70. The minimum absolute atomic E-state index is 0.0172. The topological polar surface area (TPSA) is 101 Å². The van der Waals surface area contributed by atoms with Gasteiger partial charge in [0.25, 0.3) is 0 Å². The van der Waals surface area contributed by atoms with Crippen molar-refractivity contribution >= 4 is 11.9 Å². The normalized spacial score (nSPS) is 52.7. The van der Waals surface area contributed by atoms with Gasteiger partial charge in [-0.15, -0.1) is 0 Å². The molecule has 0 aromatic rings. The van der Waals surface area contributed by atoms with Crippen molar-refractivity contribution in [3.63, 3.8) is 0 Å². The zero-order valence-electron chi connectivity index (χ0n) is 22.7. The molecular formula is C30H47NO4. The number of fused-ring (bicyclic) bond motifs is 7. The Kier molecular flexibility index (Phi) is 5.32. The van der Waals surface area contributed by atoms with Crippen molar-refractivity contribution < 1.29 is 19.8 Å². The molecule has 5 heteroatoms. The number of amides is 1. The summed E-state index contributed by atoms with van der Waals surface area (Å²) >= 11 is 0. The first-order valence-electron chi connectivity index (χ1n) is 14.0. The van der Waals surface area contributed by atoms with Gasteiger partial charge in [0.15, 0.2) is 0 Å². The molecule has 5 aliphatic rings.